The largest absolute Gasteiger partial charge is 0.396 e. The molecule has 2 rings (SSSR count). The molecular weight excluding hydrogens is 250 g/mol. The summed E-state index contributed by atoms with van der Waals surface area (Å²) in [5, 5.41) is 9.12. The molecule has 1 atom stereocenters. The molecular formula is C17H25NO2. The van der Waals surface area contributed by atoms with E-state index >= 15 is 0 Å². The van der Waals surface area contributed by atoms with Crippen molar-refractivity contribution in [1.29, 1.82) is 0 Å². The lowest BCUT2D eigenvalue weighted by molar-refractivity contribution is -0.135. The van der Waals surface area contributed by atoms with Gasteiger partial charge < -0.3 is 10.0 Å². The molecule has 1 N–H and O–H groups in total. The van der Waals surface area contributed by atoms with E-state index in [2.05, 4.69) is 25.1 Å². The Labute approximate surface area is 121 Å². The molecule has 3 nitrogen and oxygen atoms in total. The van der Waals surface area contributed by atoms with Crippen molar-refractivity contribution < 1.29 is 9.90 Å². The molecule has 0 radical (unpaired) electrons. The molecule has 110 valence electrons. The van der Waals surface area contributed by atoms with Crippen LogP contribution >= 0.6 is 0 Å². The molecule has 1 fully saturated rings. The first-order valence-electron chi connectivity index (χ1n) is 7.66. The molecule has 1 aromatic carbocycles. The molecule has 3 heteroatoms. The predicted octanol–water partition coefficient (Wildman–Crippen LogP) is 2.69. The lowest BCUT2D eigenvalue weighted by Gasteiger charge is -2.35. The summed E-state index contributed by atoms with van der Waals surface area (Å²) in [5.74, 6) is 0.240. The third-order valence-electron chi connectivity index (χ3n) is 4.12. The van der Waals surface area contributed by atoms with Gasteiger partial charge in [0.15, 0.2) is 0 Å². The Morgan fingerprint density at radius 3 is 3.00 bits per heavy atom. The molecule has 0 bridgehead atoms. The summed E-state index contributed by atoms with van der Waals surface area (Å²) in [7, 11) is 0. The summed E-state index contributed by atoms with van der Waals surface area (Å²) < 4.78 is 0. The van der Waals surface area contributed by atoms with Crippen LogP contribution in [0.4, 0.5) is 0 Å². The number of aliphatic hydroxyl groups excluding tert-OH is 1. The van der Waals surface area contributed by atoms with Gasteiger partial charge in [0, 0.05) is 25.6 Å². The smallest absolute Gasteiger partial charge is 0.223 e. The molecule has 0 aromatic heterocycles. The van der Waals surface area contributed by atoms with Crippen molar-refractivity contribution in [3.05, 3.63) is 35.4 Å². The van der Waals surface area contributed by atoms with Gasteiger partial charge in [0.05, 0.1) is 0 Å². The standard InChI is InChI=1S/C17H25NO2/c1-14-5-4-6-15(13-14)8-9-17(20)18-11-3-2-7-16(18)10-12-19/h4-6,13,16,19H,2-3,7-12H2,1H3. The zero-order valence-corrected chi connectivity index (χ0v) is 12.3. The fourth-order valence-corrected chi connectivity index (χ4v) is 3.04. The first-order valence-corrected chi connectivity index (χ1v) is 7.66. The van der Waals surface area contributed by atoms with Gasteiger partial charge in [-0.2, -0.15) is 0 Å². The second-order valence-electron chi connectivity index (χ2n) is 5.74. The van der Waals surface area contributed by atoms with E-state index in [9.17, 15) is 4.79 Å². The number of piperidine rings is 1. The summed E-state index contributed by atoms with van der Waals surface area (Å²) >= 11 is 0. The van der Waals surface area contributed by atoms with Crippen LogP contribution in [0, 0.1) is 6.92 Å². The molecule has 0 spiro atoms. The normalized spacial score (nSPS) is 19.1. The monoisotopic (exact) mass is 275 g/mol. The molecule has 1 heterocycles. The number of hydrogen-bond donors (Lipinski definition) is 1. The maximum absolute atomic E-state index is 12.4. The van der Waals surface area contributed by atoms with Gasteiger partial charge in [-0.25, -0.2) is 0 Å². The Morgan fingerprint density at radius 2 is 2.25 bits per heavy atom. The van der Waals surface area contributed by atoms with E-state index < -0.39 is 0 Å². The second-order valence-corrected chi connectivity index (χ2v) is 5.74. The van der Waals surface area contributed by atoms with E-state index in [0.717, 1.165) is 32.2 Å². The molecule has 1 amide bonds. The van der Waals surface area contributed by atoms with Crippen LogP contribution in [0.2, 0.25) is 0 Å². The first kappa shape index (κ1) is 15.0. The van der Waals surface area contributed by atoms with Crippen molar-refractivity contribution in [3.63, 3.8) is 0 Å². The van der Waals surface area contributed by atoms with Crippen LogP contribution in [0.1, 0.15) is 43.2 Å². The Balaban J connectivity index is 1.89. The Kier molecular flexibility index (Phi) is 5.60. The Hall–Kier alpha value is -1.35. The maximum Gasteiger partial charge on any atom is 0.223 e. The van der Waals surface area contributed by atoms with Crippen LogP contribution in [0.3, 0.4) is 0 Å². The van der Waals surface area contributed by atoms with Gasteiger partial charge in [-0.05, 0) is 44.6 Å². The average Bonchev–Trinajstić information content (AvgIpc) is 2.46. The number of rotatable bonds is 5. The summed E-state index contributed by atoms with van der Waals surface area (Å²) in [6, 6.07) is 8.60. The van der Waals surface area contributed by atoms with Crippen LogP contribution in [0.5, 0.6) is 0 Å². The number of amides is 1. The van der Waals surface area contributed by atoms with Crippen LogP contribution in [0.25, 0.3) is 0 Å². The number of benzene rings is 1. The van der Waals surface area contributed by atoms with E-state index in [-0.39, 0.29) is 18.6 Å². The third-order valence-corrected chi connectivity index (χ3v) is 4.12. The zero-order valence-electron chi connectivity index (χ0n) is 12.3. The van der Waals surface area contributed by atoms with E-state index in [4.69, 9.17) is 5.11 Å². The first-order chi connectivity index (χ1) is 9.70. The van der Waals surface area contributed by atoms with Crippen molar-refractivity contribution in [2.24, 2.45) is 0 Å². The Morgan fingerprint density at radius 1 is 1.40 bits per heavy atom. The van der Waals surface area contributed by atoms with Crippen LogP contribution < -0.4 is 0 Å². The van der Waals surface area contributed by atoms with Gasteiger partial charge in [-0.3, -0.25) is 4.79 Å². The summed E-state index contributed by atoms with van der Waals surface area (Å²) in [6.07, 6.45) is 5.41. The third kappa shape index (κ3) is 4.07. The van der Waals surface area contributed by atoms with Crippen molar-refractivity contribution >= 4 is 5.91 Å². The second kappa shape index (κ2) is 7.44. The number of hydrogen-bond acceptors (Lipinski definition) is 2. The van der Waals surface area contributed by atoms with Crippen molar-refractivity contribution in [1.82, 2.24) is 4.90 Å². The van der Waals surface area contributed by atoms with Gasteiger partial charge in [-0.1, -0.05) is 29.8 Å². The van der Waals surface area contributed by atoms with Crippen molar-refractivity contribution in [3.8, 4) is 0 Å². The quantitative estimate of drug-likeness (QED) is 0.897. The molecule has 1 saturated heterocycles. The lowest BCUT2D eigenvalue weighted by atomic mass is 9.98. The number of aryl methyl sites for hydroxylation is 2. The number of carbonyl (C=O) groups is 1. The number of carbonyl (C=O) groups excluding carboxylic acids is 1. The predicted molar refractivity (Wildman–Crippen MR) is 80.6 cm³/mol. The summed E-state index contributed by atoms with van der Waals surface area (Å²) in [5.41, 5.74) is 2.47. The number of aliphatic hydroxyl groups is 1. The lowest BCUT2D eigenvalue weighted by Crippen LogP contribution is -2.44. The highest BCUT2D eigenvalue weighted by molar-refractivity contribution is 5.77. The minimum absolute atomic E-state index is 0.173. The Bertz CT molecular complexity index is 442. The van der Waals surface area contributed by atoms with E-state index in [0.29, 0.717) is 6.42 Å². The highest BCUT2D eigenvalue weighted by Crippen LogP contribution is 2.21. The van der Waals surface area contributed by atoms with Crippen LogP contribution in [0.15, 0.2) is 24.3 Å². The minimum Gasteiger partial charge on any atom is -0.396 e. The van der Waals surface area contributed by atoms with Crippen molar-refractivity contribution in [2.75, 3.05) is 13.2 Å². The molecule has 20 heavy (non-hydrogen) atoms. The van der Waals surface area contributed by atoms with Gasteiger partial charge in [0.25, 0.3) is 0 Å². The number of likely N-dealkylation sites (tertiary alicyclic amines) is 1. The molecule has 0 saturated carbocycles. The zero-order chi connectivity index (χ0) is 14.4. The van der Waals surface area contributed by atoms with Gasteiger partial charge >= 0.3 is 0 Å². The molecule has 1 unspecified atom stereocenters. The van der Waals surface area contributed by atoms with Crippen LogP contribution in [-0.4, -0.2) is 35.1 Å². The highest BCUT2D eigenvalue weighted by atomic mass is 16.3. The molecule has 1 aliphatic rings. The number of nitrogens with zero attached hydrogens (tertiary/aromatic N) is 1. The van der Waals surface area contributed by atoms with E-state index in [1.807, 2.05) is 11.0 Å². The summed E-state index contributed by atoms with van der Waals surface area (Å²) in [4.78, 5) is 14.4. The highest BCUT2D eigenvalue weighted by Gasteiger charge is 2.25. The molecule has 0 aliphatic carbocycles. The molecule has 1 aromatic rings. The fraction of sp³-hybridized carbons (Fsp3) is 0.588. The van der Waals surface area contributed by atoms with Gasteiger partial charge in [0.2, 0.25) is 5.91 Å². The van der Waals surface area contributed by atoms with E-state index in [1.54, 1.807) is 0 Å². The van der Waals surface area contributed by atoms with Crippen LogP contribution in [-0.2, 0) is 11.2 Å². The fourth-order valence-electron chi connectivity index (χ4n) is 3.04. The minimum atomic E-state index is 0.173. The van der Waals surface area contributed by atoms with Gasteiger partial charge in [-0.15, -0.1) is 0 Å². The average molecular weight is 275 g/mol. The summed E-state index contributed by atoms with van der Waals surface area (Å²) in [6.45, 7) is 3.11. The SMILES string of the molecule is Cc1cccc(CCC(=O)N2CCCCC2CCO)c1. The van der Waals surface area contributed by atoms with Gasteiger partial charge in [0.1, 0.15) is 0 Å². The van der Waals surface area contributed by atoms with Crippen molar-refractivity contribution in [2.45, 2.75) is 51.5 Å². The maximum atomic E-state index is 12.4. The van der Waals surface area contributed by atoms with E-state index in [1.165, 1.54) is 17.5 Å². The molecule has 1 aliphatic heterocycles. The topological polar surface area (TPSA) is 40.5 Å².